The number of halogens is 2. The fourth-order valence-corrected chi connectivity index (χ4v) is 1.84. The van der Waals surface area contributed by atoms with E-state index in [1.54, 1.807) is 0 Å². The highest BCUT2D eigenvalue weighted by Crippen LogP contribution is 2.26. The first kappa shape index (κ1) is 15.2. The summed E-state index contributed by atoms with van der Waals surface area (Å²) < 4.78 is 13.7. The standard InChI is InChI=1S/C9H7BrFN.2C2H6/c1-5-4-12-9-7(5)2-6(11)3-8(9)10;2*1-2/h2-4,12H,1H3;2*1-2H3. The van der Waals surface area contributed by atoms with Gasteiger partial charge in [0.1, 0.15) is 5.82 Å². The number of benzene rings is 1. The molecule has 1 aromatic heterocycles. The molecule has 0 saturated heterocycles. The van der Waals surface area contributed by atoms with Crippen molar-refractivity contribution < 1.29 is 4.39 Å². The molecule has 0 aliphatic rings. The fraction of sp³-hybridized carbons (Fsp3) is 0.385. The van der Waals surface area contributed by atoms with Gasteiger partial charge < -0.3 is 4.98 Å². The number of rotatable bonds is 0. The molecule has 3 heteroatoms. The summed E-state index contributed by atoms with van der Waals surface area (Å²) in [6, 6.07) is 2.99. The number of aromatic amines is 1. The largest absolute Gasteiger partial charge is 0.360 e. The molecule has 90 valence electrons. The molecular formula is C13H19BrFN. The van der Waals surface area contributed by atoms with Gasteiger partial charge in [-0.05, 0) is 40.5 Å². The van der Waals surface area contributed by atoms with Crippen LogP contribution in [0.15, 0.2) is 22.8 Å². The lowest BCUT2D eigenvalue weighted by Crippen LogP contribution is -1.76. The van der Waals surface area contributed by atoms with E-state index < -0.39 is 0 Å². The average molecular weight is 288 g/mol. The van der Waals surface area contributed by atoms with Crippen molar-refractivity contribution in [1.82, 2.24) is 4.98 Å². The number of hydrogen-bond acceptors (Lipinski definition) is 0. The van der Waals surface area contributed by atoms with Crippen LogP contribution in [0.2, 0.25) is 0 Å². The van der Waals surface area contributed by atoms with Gasteiger partial charge in [-0.25, -0.2) is 4.39 Å². The van der Waals surface area contributed by atoms with Crippen LogP contribution >= 0.6 is 15.9 Å². The first-order valence-electron chi connectivity index (χ1n) is 5.61. The Hall–Kier alpha value is -0.830. The van der Waals surface area contributed by atoms with Crippen LogP contribution in [0.4, 0.5) is 4.39 Å². The smallest absolute Gasteiger partial charge is 0.125 e. The minimum atomic E-state index is -0.211. The van der Waals surface area contributed by atoms with Gasteiger partial charge >= 0.3 is 0 Å². The van der Waals surface area contributed by atoms with Gasteiger partial charge in [0, 0.05) is 16.1 Å². The quantitative estimate of drug-likeness (QED) is 0.665. The summed E-state index contributed by atoms with van der Waals surface area (Å²) in [5.74, 6) is -0.211. The van der Waals surface area contributed by atoms with Crippen LogP contribution in [0.3, 0.4) is 0 Å². The van der Waals surface area contributed by atoms with Crippen molar-refractivity contribution in [3.63, 3.8) is 0 Å². The summed E-state index contributed by atoms with van der Waals surface area (Å²) in [5.41, 5.74) is 2.01. The Bertz CT molecular complexity index is 435. The van der Waals surface area contributed by atoms with E-state index in [9.17, 15) is 4.39 Å². The highest BCUT2D eigenvalue weighted by atomic mass is 79.9. The molecule has 0 bridgehead atoms. The van der Waals surface area contributed by atoms with E-state index in [1.807, 2.05) is 40.8 Å². The van der Waals surface area contributed by atoms with Gasteiger partial charge in [0.2, 0.25) is 0 Å². The highest BCUT2D eigenvalue weighted by Gasteiger charge is 2.04. The topological polar surface area (TPSA) is 15.8 Å². The van der Waals surface area contributed by atoms with Crippen molar-refractivity contribution in [1.29, 1.82) is 0 Å². The lowest BCUT2D eigenvalue weighted by atomic mass is 10.2. The zero-order chi connectivity index (χ0) is 12.7. The molecule has 1 N–H and O–H groups in total. The highest BCUT2D eigenvalue weighted by molar-refractivity contribution is 9.10. The van der Waals surface area contributed by atoms with E-state index in [-0.39, 0.29) is 5.82 Å². The monoisotopic (exact) mass is 287 g/mol. The van der Waals surface area contributed by atoms with E-state index >= 15 is 0 Å². The summed E-state index contributed by atoms with van der Waals surface area (Å²) >= 11 is 3.29. The number of hydrogen-bond donors (Lipinski definition) is 1. The molecule has 1 aromatic carbocycles. The number of fused-ring (bicyclic) bond motifs is 1. The zero-order valence-electron chi connectivity index (χ0n) is 10.5. The second kappa shape index (κ2) is 7.44. The molecule has 16 heavy (non-hydrogen) atoms. The number of nitrogens with one attached hydrogen (secondary N) is 1. The first-order valence-corrected chi connectivity index (χ1v) is 6.40. The van der Waals surface area contributed by atoms with Gasteiger partial charge in [-0.1, -0.05) is 27.7 Å². The Kier molecular flexibility index (Phi) is 7.06. The summed E-state index contributed by atoms with van der Waals surface area (Å²) in [5, 5.41) is 0.932. The van der Waals surface area contributed by atoms with E-state index in [2.05, 4.69) is 20.9 Å². The van der Waals surface area contributed by atoms with Crippen LogP contribution < -0.4 is 0 Å². The van der Waals surface area contributed by atoms with Crippen LogP contribution in [0.25, 0.3) is 10.9 Å². The Morgan fingerprint density at radius 3 is 2.25 bits per heavy atom. The molecule has 0 amide bonds. The van der Waals surface area contributed by atoms with Crippen molar-refractivity contribution in [2.75, 3.05) is 0 Å². The maximum absolute atomic E-state index is 12.9. The molecule has 0 aliphatic carbocycles. The normalized spacial score (nSPS) is 8.94. The second-order valence-electron chi connectivity index (χ2n) is 2.78. The molecule has 0 aliphatic heterocycles. The minimum absolute atomic E-state index is 0.211. The molecule has 2 aromatic rings. The lowest BCUT2D eigenvalue weighted by molar-refractivity contribution is 0.629. The fourth-order valence-electron chi connectivity index (χ4n) is 1.29. The van der Waals surface area contributed by atoms with Gasteiger partial charge in [0.05, 0.1) is 5.52 Å². The summed E-state index contributed by atoms with van der Waals surface area (Å²) in [6.45, 7) is 9.95. The Balaban J connectivity index is 0.000000509. The summed E-state index contributed by atoms with van der Waals surface area (Å²) in [6.07, 6.45) is 1.87. The van der Waals surface area contributed by atoms with Crippen molar-refractivity contribution in [3.05, 3.63) is 34.2 Å². The molecular weight excluding hydrogens is 269 g/mol. The van der Waals surface area contributed by atoms with E-state index in [4.69, 9.17) is 0 Å². The van der Waals surface area contributed by atoms with Crippen LogP contribution in [-0.4, -0.2) is 4.98 Å². The number of H-pyrrole nitrogens is 1. The van der Waals surface area contributed by atoms with Gasteiger partial charge in [-0.2, -0.15) is 0 Å². The second-order valence-corrected chi connectivity index (χ2v) is 3.64. The number of aryl methyl sites for hydroxylation is 1. The third-order valence-corrected chi connectivity index (χ3v) is 2.54. The SMILES string of the molecule is CC.CC.Cc1c[nH]c2c(Br)cc(F)cc12. The maximum atomic E-state index is 12.9. The van der Waals surface area contributed by atoms with Crippen molar-refractivity contribution >= 4 is 26.8 Å². The molecule has 1 heterocycles. The van der Waals surface area contributed by atoms with Crippen molar-refractivity contribution in [3.8, 4) is 0 Å². The van der Waals surface area contributed by atoms with Crippen LogP contribution in [0.1, 0.15) is 33.3 Å². The Morgan fingerprint density at radius 1 is 1.12 bits per heavy atom. The van der Waals surface area contributed by atoms with Gasteiger partial charge in [-0.3, -0.25) is 0 Å². The van der Waals surface area contributed by atoms with Crippen LogP contribution in [-0.2, 0) is 0 Å². The number of aromatic nitrogens is 1. The molecule has 0 spiro atoms. The predicted octanol–water partition coefficient (Wildman–Crippen LogP) is 5.43. The maximum Gasteiger partial charge on any atom is 0.125 e. The third-order valence-electron chi connectivity index (χ3n) is 1.91. The zero-order valence-corrected chi connectivity index (χ0v) is 12.1. The summed E-state index contributed by atoms with van der Waals surface area (Å²) in [4.78, 5) is 3.07. The van der Waals surface area contributed by atoms with Crippen molar-refractivity contribution in [2.24, 2.45) is 0 Å². The van der Waals surface area contributed by atoms with Crippen molar-refractivity contribution in [2.45, 2.75) is 34.6 Å². The van der Waals surface area contributed by atoms with E-state index in [1.165, 1.54) is 12.1 Å². The molecule has 0 radical (unpaired) electrons. The van der Waals surface area contributed by atoms with E-state index in [0.29, 0.717) is 0 Å². The molecule has 0 saturated carbocycles. The predicted molar refractivity (Wildman–Crippen MR) is 73.4 cm³/mol. The molecule has 0 unspecified atom stereocenters. The van der Waals surface area contributed by atoms with Gasteiger partial charge in [0.25, 0.3) is 0 Å². The Morgan fingerprint density at radius 2 is 1.69 bits per heavy atom. The van der Waals surface area contributed by atoms with Crippen LogP contribution in [0.5, 0.6) is 0 Å². The van der Waals surface area contributed by atoms with Crippen LogP contribution in [0, 0.1) is 12.7 Å². The first-order chi connectivity index (χ1) is 7.68. The Labute approximate surface area is 105 Å². The molecule has 1 nitrogen and oxygen atoms in total. The minimum Gasteiger partial charge on any atom is -0.360 e. The van der Waals surface area contributed by atoms with E-state index in [0.717, 1.165) is 20.9 Å². The third kappa shape index (κ3) is 3.34. The van der Waals surface area contributed by atoms with Gasteiger partial charge in [0.15, 0.2) is 0 Å². The lowest BCUT2D eigenvalue weighted by Gasteiger charge is -1.95. The van der Waals surface area contributed by atoms with Gasteiger partial charge in [-0.15, -0.1) is 0 Å². The average Bonchev–Trinajstić information content (AvgIpc) is 2.67. The molecule has 0 atom stereocenters. The summed E-state index contributed by atoms with van der Waals surface area (Å²) in [7, 11) is 0. The molecule has 2 rings (SSSR count). The molecule has 0 fully saturated rings.